The van der Waals surface area contributed by atoms with E-state index in [0.29, 0.717) is 17.9 Å². The highest BCUT2D eigenvalue weighted by Crippen LogP contribution is 2.27. The van der Waals surface area contributed by atoms with E-state index in [1.165, 1.54) is 12.3 Å². The van der Waals surface area contributed by atoms with Gasteiger partial charge in [0, 0.05) is 31.7 Å². The molecule has 3 atom stereocenters. The Labute approximate surface area is 169 Å². The van der Waals surface area contributed by atoms with Gasteiger partial charge in [-0.05, 0) is 36.8 Å². The van der Waals surface area contributed by atoms with E-state index >= 15 is 0 Å². The second kappa shape index (κ2) is 8.85. The predicted octanol–water partition coefficient (Wildman–Crippen LogP) is 1.17. The molecule has 29 heavy (non-hydrogen) atoms. The highest BCUT2D eigenvalue weighted by molar-refractivity contribution is 5.92. The summed E-state index contributed by atoms with van der Waals surface area (Å²) in [7, 11) is 1.83. The van der Waals surface area contributed by atoms with Gasteiger partial charge in [-0.25, -0.2) is 9.97 Å². The minimum absolute atomic E-state index is 0.0689. The number of hydrogen-bond acceptors (Lipinski definition) is 6. The van der Waals surface area contributed by atoms with Crippen LogP contribution in [0, 0.1) is 5.92 Å². The Hall–Kier alpha value is -3.23. The molecule has 1 aliphatic rings. The zero-order valence-electron chi connectivity index (χ0n) is 16.8. The standard InChI is InChI=1S/C20H27N7O2/c1-4-18(28)26-15-7-5-6-14(12(15)2)24-17-10-22-19(20(21)29)16(25-17)8-13-9-23-27(3)11-13/h4,9-12,14-15H,1,5-8H2,2-3H3,(H2,21,29)(H,24,25)(H,26,28)/t12-,14-,15?/m1/s1. The third-order valence-electron chi connectivity index (χ3n) is 5.35. The minimum atomic E-state index is -0.610. The zero-order valence-corrected chi connectivity index (χ0v) is 16.8. The number of nitrogens with one attached hydrogen (secondary N) is 2. The van der Waals surface area contributed by atoms with Crippen molar-refractivity contribution < 1.29 is 9.59 Å². The summed E-state index contributed by atoms with van der Waals surface area (Å²) in [4.78, 5) is 32.3. The van der Waals surface area contributed by atoms with Crippen LogP contribution >= 0.6 is 0 Å². The van der Waals surface area contributed by atoms with Crippen molar-refractivity contribution in [1.82, 2.24) is 25.1 Å². The second-order valence-corrected chi connectivity index (χ2v) is 7.47. The molecule has 1 saturated carbocycles. The molecule has 0 radical (unpaired) electrons. The van der Waals surface area contributed by atoms with E-state index in [4.69, 9.17) is 5.73 Å². The smallest absolute Gasteiger partial charge is 0.269 e. The average Bonchev–Trinajstić information content (AvgIpc) is 3.09. The normalized spacial score (nSPS) is 21.4. The average molecular weight is 397 g/mol. The lowest BCUT2D eigenvalue weighted by molar-refractivity contribution is -0.117. The maximum absolute atomic E-state index is 11.8. The number of nitrogens with two attached hydrogens (primary N) is 1. The van der Waals surface area contributed by atoms with E-state index < -0.39 is 5.91 Å². The Balaban J connectivity index is 1.77. The van der Waals surface area contributed by atoms with Crippen LogP contribution in [0.25, 0.3) is 0 Å². The van der Waals surface area contributed by atoms with Gasteiger partial charge in [-0.3, -0.25) is 14.3 Å². The Bertz CT molecular complexity index is 908. The molecule has 1 unspecified atom stereocenters. The molecule has 2 aromatic heterocycles. The van der Waals surface area contributed by atoms with Gasteiger partial charge in [-0.2, -0.15) is 5.10 Å². The van der Waals surface area contributed by atoms with Crippen LogP contribution in [0.2, 0.25) is 0 Å². The molecule has 2 heterocycles. The summed E-state index contributed by atoms with van der Waals surface area (Å²) in [5.41, 5.74) is 7.06. The van der Waals surface area contributed by atoms with Crippen LogP contribution in [-0.4, -0.2) is 43.6 Å². The van der Waals surface area contributed by atoms with E-state index in [1.54, 1.807) is 10.9 Å². The van der Waals surface area contributed by atoms with Crippen molar-refractivity contribution in [3.8, 4) is 0 Å². The van der Waals surface area contributed by atoms with Gasteiger partial charge in [-0.15, -0.1) is 0 Å². The first-order chi connectivity index (χ1) is 13.9. The van der Waals surface area contributed by atoms with Crippen molar-refractivity contribution in [2.45, 2.75) is 44.7 Å². The van der Waals surface area contributed by atoms with Gasteiger partial charge >= 0.3 is 0 Å². The van der Waals surface area contributed by atoms with Crippen molar-refractivity contribution in [3.63, 3.8) is 0 Å². The topological polar surface area (TPSA) is 128 Å². The molecule has 154 valence electrons. The first-order valence-electron chi connectivity index (χ1n) is 9.70. The first kappa shape index (κ1) is 20.5. The second-order valence-electron chi connectivity index (χ2n) is 7.47. The largest absolute Gasteiger partial charge is 0.366 e. The van der Waals surface area contributed by atoms with Crippen LogP contribution in [-0.2, 0) is 18.3 Å². The van der Waals surface area contributed by atoms with Gasteiger partial charge in [0.25, 0.3) is 5.91 Å². The number of aromatic nitrogens is 4. The molecule has 2 aromatic rings. The molecule has 0 bridgehead atoms. The van der Waals surface area contributed by atoms with Crippen LogP contribution in [0.15, 0.2) is 31.2 Å². The molecular formula is C20H27N7O2. The summed E-state index contributed by atoms with van der Waals surface area (Å²) < 4.78 is 1.69. The van der Waals surface area contributed by atoms with E-state index in [0.717, 1.165) is 24.8 Å². The van der Waals surface area contributed by atoms with Crippen LogP contribution in [0.3, 0.4) is 0 Å². The monoisotopic (exact) mass is 397 g/mol. The third-order valence-corrected chi connectivity index (χ3v) is 5.35. The number of carbonyl (C=O) groups is 2. The van der Waals surface area contributed by atoms with Crippen LogP contribution < -0.4 is 16.4 Å². The van der Waals surface area contributed by atoms with Gasteiger partial charge in [0.1, 0.15) is 11.5 Å². The van der Waals surface area contributed by atoms with Crippen LogP contribution in [0.5, 0.6) is 0 Å². The molecular weight excluding hydrogens is 370 g/mol. The summed E-state index contributed by atoms with van der Waals surface area (Å²) in [6, 6.07) is 0.193. The van der Waals surface area contributed by atoms with E-state index in [9.17, 15) is 9.59 Å². The number of nitrogens with zero attached hydrogens (tertiary/aromatic N) is 4. The van der Waals surface area contributed by atoms with Crippen molar-refractivity contribution in [1.29, 1.82) is 0 Å². The quantitative estimate of drug-likeness (QED) is 0.602. The molecule has 0 aliphatic heterocycles. The summed E-state index contributed by atoms with van der Waals surface area (Å²) >= 11 is 0. The minimum Gasteiger partial charge on any atom is -0.366 e. The van der Waals surface area contributed by atoms with Crippen molar-refractivity contribution in [2.75, 3.05) is 5.32 Å². The summed E-state index contributed by atoms with van der Waals surface area (Å²) in [6.07, 6.45) is 9.70. The Kier molecular flexibility index (Phi) is 6.26. The molecule has 4 N–H and O–H groups in total. The number of amides is 2. The molecule has 3 rings (SSSR count). The number of hydrogen-bond donors (Lipinski definition) is 3. The maximum Gasteiger partial charge on any atom is 0.269 e. The summed E-state index contributed by atoms with van der Waals surface area (Å²) in [6.45, 7) is 5.62. The number of primary amides is 1. The number of aryl methyl sites for hydroxylation is 1. The Morgan fingerprint density at radius 2 is 2.10 bits per heavy atom. The van der Waals surface area contributed by atoms with E-state index in [-0.39, 0.29) is 29.6 Å². The lowest BCUT2D eigenvalue weighted by Gasteiger charge is -2.37. The fourth-order valence-corrected chi connectivity index (χ4v) is 3.79. The highest BCUT2D eigenvalue weighted by atomic mass is 16.2. The molecule has 0 aromatic carbocycles. The summed E-state index contributed by atoms with van der Waals surface area (Å²) in [5.74, 6) is 0.0153. The number of anilines is 1. The summed E-state index contributed by atoms with van der Waals surface area (Å²) in [5, 5.41) is 10.6. The maximum atomic E-state index is 11.8. The van der Waals surface area contributed by atoms with Crippen LogP contribution in [0.4, 0.5) is 5.82 Å². The zero-order chi connectivity index (χ0) is 21.0. The molecule has 0 saturated heterocycles. The van der Waals surface area contributed by atoms with Gasteiger partial charge in [0.15, 0.2) is 0 Å². The van der Waals surface area contributed by atoms with Crippen molar-refractivity contribution >= 4 is 17.6 Å². The van der Waals surface area contributed by atoms with E-state index in [1.807, 2.05) is 13.2 Å². The molecule has 0 spiro atoms. The lowest BCUT2D eigenvalue weighted by Crippen LogP contribution is -2.48. The molecule has 9 heteroatoms. The molecule has 1 aliphatic carbocycles. The fourth-order valence-electron chi connectivity index (χ4n) is 3.79. The Morgan fingerprint density at radius 3 is 2.76 bits per heavy atom. The third kappa shape index (κ3) is 4.98. The van der Waals surface area contributed by atoms with E-state index in [2.05, 4.69) is 39.2 Å². The molecule has 9 nitrogen and oxygen atoms in total. The van der Waals surface area contributed by atoms with Gasteiger partial charge in [0.05, 0.1) is 18.1 Å². The number of rotatable bonds is 7. The molecule has 1 fully saturated rings. The van der Waals surface area contributed by atoms with Crippen molar-refractivity contribution in [2.24, 2.45) is 18.7 Å². The highest BCUT2D eigenvalue weighted by Gasteiger charge is 2.31. The van der Waals surface area contributed by atoms with Crippen LogP contribution in [0.1, 0.15) is 47.9 Å². The predicted molar refractivity (Wildman–Crippen MR) is 109 cm³/mol. The molecule has 2 amide bonds. The Morgan fingerprint density at radius 1 is 1.34 bits per heavy atom. The van der Waals surface area contributed by atoms with Gasteiger partial charge < -0.3 is 16.4 Å². The van der Waals surface area contributed by atoms with Gasteiger partial charge in [0.2, 0.25) is 5.91 Å². The van der Waals surface area contributed by atoms with Gasteiger partial charge in [-0.1, -0.05) is 13.5 Å². The number of carbonyl (C=O) groups excluding carboxylic acids is 2. The first-order valence-corrected chi connectivity index (χ1v) is 9.70. The lowest BCUT2D eigenvalue weighted by atomic mass is 9.81. The fraction of sp³-hybridized carbons (Fsp3) is 0.450. The SMILES string of the molecule is C=CC(=O)NC1CCC[C@@H](Nc2cnc(C(N)=O)c(Cc3cnn(C)c3)n2)[C@H]1C. The van der Waals surface area contributed by atoms with Crippen molar-refractivity contribution in [3.05, 3.63) is 48.2 Å².